The monoisotopic (exact) mass is 303 g/mol. The lowest BCUT2D eigenvalue weighted by atomic mass is 10.0. The predicted molar refractivity (Wildman–Crippen MR) is 90.4 cm³/mol. The summed E-state index contributed by atoms with van der Waals surface area (Å²) in [5, 5.41) is 0. The Morgan fingerprint density at radius 3 is 2.82 bits per heavy atom. The summed E-state index contributed by atoms with van der Waals surface area (Å²) in [6.45, 7) is 5.01. The molecule has 4 heteroatoms. The first-order valence-electron chi connectivity index (χ1n) is 8.34. The van der Waals surface area contributed by atoms with Crippen molar-refractivity contribution in [1.29, 1.82) is 0 Å². The van der Waals surface area contributed by atoms with E-state index >= 15 is 0 Å². The fraction of sp³-hybridized carbons (Fsp3) is 0.611. The van der Waals surface area contributed by atoms with E-state index in [9.17, 15) is 4.79 Å². The summed E-state index contributed by atoms with van der Waals surface area (Å²) in [7, 11) is 1.94. The van der Waals surface area contributed by atoms with Crippen molar-refractivity contribution >= 4 is 5.91 Å². The summed E-state index contributed by atoms with van der Waals surface area (Å²) >= 11 is 0. The molecule has 0 radical (unpaired) electrons. The Morgan fingerprint density at radius 2 is 2.14 bits per heavy atom. The number of hydrogen-bond donors (Lipinski definition) is 1. The molecule has 1 aromatic carbocycles. The third-order valence-corrected chi connectivity index (χ3v) is 4.48. The van der Waals surface area contributed by atoms with E-state index in [-0.39, 0.29) is 11.9 Å². The number of nitrogens with two attached hydrogens (primary N) is 1. The molecular formula is C18H29N3O. The molecule has 1 amide bonds. The van der Waals surface area contributed by atoms with Gasteiger partial charge in [-0.1, -0.05) is 30.3 Å². The highest BCUT2D eigenvalue weighted by atomic mass is 16.2. The molecule has 1 heterocycles. The van der Waals surface area contributed by atoms with Crippen LogP contribution in [0.15, 0.2) is 30.3 Å². The maximum atomic E-state index is 12.3. The Balaban J connectivity index is 1.85. The summed E-state index contributed by atoms with van der Waals surface area (Å²) in [5.41, 5.74) is 7.09. The summed E-state index contributed by atoms with van der Waals surface area (Å²) in [6.07, 6.45) is 3.58. The molecule has 0 bridgehead atoms. The van der Waals surface area contributed by atoms with Crippen molar-refractivity contribution in [2.24, 2.45) is 5.73 Å². The van der Waals surface area contributed by atoms with E-state index < -0.39 is 0 Å². The van der Waals surface area contributed by atoms with Gasteiger partial charge < -0.3 is 10.6 Å². The number of piperidine rings is 1. The smallest absolute Gasteiger partial charge is 0.222 e. The number of amides is 1. The van der Waals surface area contributed by atoms with Gasteiger partial charge in [-0.15, -0.1) is 0 Å². The van der Waals surface area contributed by atoms with Gasteiger partial charge in [0, 0.05) is 38.6 Å². The Hall–Kier alpha value is -1.39. The van der Waals surface area contributed by atoms with Crippen LogP contribution in [0.2, 0.25) is 0 Å². The Bertz CT molecular complexity index is 461. The van der Waals surface area contributed by atoms with Gasteiger partial charge in [0.05, 0.1) is 0 Å². The van der Waals surface area contributed by atoms with Crippen LogP contribution in [0.25, 0.3) is 0 Å². The van der Waals surface area contributed by atoms with Gasteiger partial charge in [-0.2, -0.15) is 0 Å². The topological polar surface area (TPSA) is 49.6 Å². The van der Waals surface area contributed by atoms with E-state index in [2.05, 4.69) is 29.2 Å². The highest BCUT2D eigenvalue weighted by molar-refractivity contribution is 5.76. The molecule has 0 aliphatic carbocycles. The summed E-state index contributed by atoms with van der Waals surface area (Å²) in [4.78, 5) is 16.7. The quantitative estimate of drug-likeness (QED) is 0.877. The zero-order valence-electron chi connectivity index (χ0n) is 13.9. The molecule has 1 fully saturated rings. The van der Waals surface area contributed by atoms with E-state index in [1.54, 1.807) is 0 Å². The number of hydrogen-bond acceptors (Lipinski definition) is 3. The zero-order chi connectivity index (χ0) is 15.9. The average Bonchev–Trinajstić information content (AvgIpc) is 2.53. The van der Waals surface area contributed by atoms with Gasteiger partial charge in [0.25, 0.3) is 0 Å². The van der Waals surface area contributed by atoms with E-state index in [0.717, 1.165) is 38.9 Å². The fourth-order valence-electron chi connectivity index (χ4n) is 3.06. The molecule has 2 atom stereocenters. The fourth-order valence-corrected chi connectivity index (χ4v) is 3.06. The molecule has 2 rings (SSSR count). The molecule has 4 nitrogen and oxygen atoms in total. The zero-order valence-corrected chi connectivity index (χ0v) is 13.9. The van der Waals surface area contributed by atoms with Crippen LogP contribution >= 0.6 is 0 Å². The van der Waals surface area contributed by atoms with Crippen molar-refractivity contribution in [3.8, 4) is 0 Å². The third-order valence-electron chi connectivity index (χ3n) is 4.48. The van der Waals surface area contributed by atoms with E-state index in [4.69, 9.17) is 5.73 Å². The number of carbonyl (C=O) groups is 1. The second-order valence-electron chi connectivity index (χ2n) is 6.54. The summed E-state index contributed by atoms with van der Waals surface area (Å²) in [6, 6.07) is 11.0. The number of likely N-dealkylation sites (tertiary alicyclic amines) is 1. The van der Waals surface area contributed by atoms with Crippen LogP contribution in [-0.2, 0) is 11.3 Å². The van der Waals surface area contributed by atoms with Gasteiger partial charge in [0.1, 0.15) is 0 Å². The Kier molecular flexibility index (Phi) is 6.40. The standard InChI is InChI=1S/C18H29N3O/c1-15(19)10-11-18(22)20(2)17-9-6-12-21(14-17)13-16-7-4-3-5-8-16/h3-5,7-8,15,17H,6,9-14,19H2,1-2H3. The van der Waals surface area contributed by atoms with Gasteiger partial charge in [-0.25, -0.2) is 0 Å². The van der Waals surface area contributed by atoms with Crippen molar-refractivity contribution in [1.82, 2.24) is 9.80 Å². The maximum absolute atomic E-state index is 12.3. The first-order valence-corrected chi connectivity index (χ1v) is 8.34. The Morgan fingerprint density at radius 1 is 1.41 bits per heavy atom. The van der Waals surface area contributed by atoms with E-state index in [1.807, 2.05) is 24.9 Å². The first-order chi connectivity index (χ1) is 10.6. The molecule has 0 spiro atoms. The van der Waals surface area contributed by atoms with Crippen LogP contribution in [0.4, 0.5) is 0 Å². The molecule has 1 aliphatic rings. The van der Waals surface area contributed by atoms with Crippen LogP contribution in [0.5, 0.6) is 0 Å². The van der Waals surface area contributed by atoms with Crippen LogP contribution in [0, 0.1) is 0 Å². The maximum Gasteiger partial charge on any atom is 0.222 e. The van der Waals surface area contributed by atoms with Gasteiger partial charge >= 0.3 is 0 Å². The predicted octanol–water partition coefficient (Wildman–Crippen LogP) is 2.24. The van der Waals surface area contributed by atoms with Gasteiger partial charge in [-0.3, -0.25) is 9.69 Å². The third kappa shape index (κ3) is 5.11. The van der Waals surface area contributed by atoms with Crippen LogP contribution < -0.4 is 5.73 Å². The Labute approximate surface area is 134 Å². The molecule has 1 saturated heterocycles. The highest BCUT2D eigenvalue weighted by Gasteiger charge is 2.25. The van der Waals surface area contributed by atoms with Crippen molar-refractivity contribution in [3.05, 3.63) is 35.9 Å². The van der Waals surface area contributed by atoms with Gasteiger partial charge in [0.15, 0.2) is 0 Å². The first kappa shape index (κ1) is 17.0. The molecule has 22 heavy (non-hydrogen) atoms. The second kappa shape index (κ2) is 8.30. The number of benzene rings is 1. The minimum Gasteiger partial charge on any atom is -0.341 e. The summed E-state index contributed by atoms with van der Waals surface area (Å²) in [5.74, 6) is 0.226. The number of rotatable bonds is 6. The molecule has 2 unspecified atom stereocenters. The lowest BCUT2D eigenvalue weighted by Crippen LogP contribution is -2.48. The molecule has 2 N–H and O–H groups in total. The van der Waals surface area contributed by atoms with Crippen LogP contribution in [0.3, 0.4) is 0 Å². The lowest BCUT2D eigenvalue weighted by molar-refractivity contribution is -0.133. The highest BCUT2D eigenvalue weighted by Crippen LogP contribution is 2.18. The minimum atomic E-state index is 0.0956. The van der Waals surface area contributed by atoms with Crippen molar-refractivity contribution in [2.45, 2.75) is 51.2 Å². The SMILES string of the molecule is CC(N)CCC(=O)N(C)C1CCCN(Cc2ccccc2)C1. The van der Waals surface area contributed by atoms with Crippen LogP contribution in [0.1, 0.15) is 38.2 Å². The second-order valence-corrected chi connectivity index (χ2v) is 6.54. The molecule has 0 aromatic heterocycles. The van der Waals surface area contributed by atoms with E-state index in [0.29, 0.717) is 12.5 Å². The molecule has 0 saturated carbocycles. The minimum absolute atomic E-state index is 0.0956. The number of nitrogens with zero attached hydrogens (tertiary/aromatic N) is 2. The average molecular weight is 303 g/mol. The van der Waals surface area contributed by atoms with Crippen molar-refractivity contribution in [2.75, 3.05) is 20.1 Å². The normalized spacial score (nSPS) is 20.6. The molecule has 1 aromatic rings. The van der Waals surface area contributed by atoms with Crippen LogP contribution in [-0.4, -0.2) is 47.9 Å². The van der Waals surface area contributed by atoms with Gasteiger partial charge in [-0.05, 0) is 38.3 Å². The molecule has 122 valence electrons. The van der Waals surface area contributed by atoms with E-state index in [1.165, 1.54) is 5.56 Å². The number of likely N-dealkylation sites (N-methyl/N-ethyl adjacent to an activating group) is 1. The largest absolute Gasteiger partial charge is 0.341 e. The molecular weight excluding hydrogens is 274 g/mol. The van der Waals surface area contributed by atoms with Crippen molar-refractivity contribution < 1.29 is 4.79 Å². The van der Waals surface area contributed by atoms with Gasteiger partial charge in [0.2, 0.25) is 5.91 Å². The number of carbonyl (C=O) groups excluding carboxylic acids is 1. The van der Waals surface area contributed by atoms with Crippen molar-refractivity contribution in [3.63, 3.8) is 0 Å². The lowest BCUT2D eigenvalue weighted by Gasteiger charge is -2.37. The molecule has 1 aliphatic heterocycles. The summed E-state index contributed by atoms with van der Waals surface area (Å²) < 4.78 is 0.